The minimum atomic E-state index is 0.668. The van der Waals surface area contributed by atoms with Crippen LogP contribution in [0.15, 0.2) is 54.6 Å². The largest absolute Gasteiger partial charge is 0.0955 e. The summed E-state index contributed by atoms with van der Waals surface area (Å²) < 4.78 is 0. The fourth-order valence-corrected chi connectivity index (χ4v) is 2.39. The Labute approximate surface area is 111 Å². The summed E-state index contributed by atoms with van der Waals surface area (Å²) in [6.07, 6.45) is 7.96. The lowest BCUT2D eigenvalue weighted by molar-refractivity contribution is 0.955. The number of rotatable bonds is 4. The van der Waals surface area contributed by atoms with Crippen LogP contribution in [-0.2, 0) is 0 Å². The summed E-state index contributed by atoms with van der Waals surface area (Å²) in [7, 11) is 0. The highest BCUT2D eigenvalue weighted by Crippen LogP contribution is 2.45. The smallest absolute Gasteiger partial charge is 0.00987 e. The average Bonchev–Trinajstić information content (AvgIpc) is 3.10. The molecule has 1 aromatic carbocycles. The topological polar surface area (TPSA) is 0 Å². The van der Waals surface area contributed by atoms with Crippen molar-refractivity contribution in [2.45, 2.75) is 27.2 Å². The molecule has 2 rings (SSSR count). The van der Waals surface area contributed by atoms with E-state index in [2.05, 4.69) is 69.8 Å². The fourth-order valence-electron chi connectivity index (χ4n) is 2.39. The van der Waals surface area contributed by atoms with Crippen LogP contribution in [0.1, 0.15) is 31.4 Å². The highest BCUT2D eigenvalue weighted by Gasteiger charge is 2.35. The molecule has 0 aromatic heterocycles. The van der Waals surface area contributed by atoms with Crippen LogP contribution in [0.3, 0.4) is 0 Å². The Bertz CT molecular complexity index is 485. The van der Waals surface area contributed by atoms with Gasteiger partial charge in [0.25, 0.3) is 0 Å². The van der Waals surface area contributed by atoms with E-state index in [9.17, 15) is 0 Å². The van der Waals surface area contributed by atoms with E-state index in [0.29, 0.717) is 5.92 Å². The summed E-state index contributed by atoms with van der Waals surface area (Å²) in [5.74, 6) is 1.39. The summed E-state index contributed by atoms with van der Waals surface area (Å²) in [6, 6.07) is 8.69. The molecule has 0 nitrogen and oxygen atoms in total. The Morgan fingerprint density at radius 1 is 1.28 bits per heavy atom. The third-order valence-electron chi connectivity index (χ3n) is 3.66. The van der Waals surface area contributed by atoms with E-state index in [-0.39, 0.29) is 0 Å². The number of hydrogen-bond donors (Lipinski definition) is 0. The molecule has 2 atom stereocenters. The molecule has 94 valence electrons. The van der Waals surface area contributed by atoms with E-state index < -0.39 is 0 Å². The van der Waals surface area contributed by atoms with Crippen molar-refractivity contribution >= 4 is 5.57 Å². The summed E-state index contributed by atoms with van der Waals surface area (Å²) in [5.41, 5.74) is 5.19. The van der Waals surface area contributed by atoms with Crippen molar-refractivity contribution in [2.24, 2.45) is 11.8 Å². The minimum Gasteiger partial charge on any atom is -0.0955 e. The number of aryl methyl sites for hydroxylation is 1. The van der Waals surface area contributed by atoms with Crippen molar-refractivity contribution in [3.63, 3.8) is 0 Å². The lowest BCUT2D eigenvalue weighted by Crippen LogP contribution is -1.86. The fraction of sp³-hybridized carbons (Fsp3) is 0.333. The first-order chi connectivity index (χ1) is 8.61. The van der Waals surface area contributed by atoms with Crippen molar-refractivity contribution < 1.29 is 0 Å². The van der Waals surface area contributed by atoms with Crippen LogP contribution < -0.4 is 0 Å². The maximum atomic E-state index is 4.22. The van der Waals surface area contributed by atoms with Gasteiger partial charge in [-0.05, 0) is 50.2 Å². The number of hydrogen-bond acceptors (Lipinski definition) is 0. The van der Waals surface area contributed by atoms with Crippen molar-refractivity contribution in [1.82, 2.24) is 0 Å². The van der Waals surface area contributed by atoms with Crippen molar-refractivity contribution in [1.29, 1.82) is 0 Å². The Morgan fingerprint density at radius 3 is 2.56 bits per heavy atom. The molecule has 0 bridgehead atoms. The minimum absolute atomic E-state index is 0.668. The van der Waals surface area contributed by atoms with Gasteiger partial charge in [0.15, 0.2) is 0 Å². The Balaban J connectivity index is 2.05. The van der Waals surface area contributed by atoms with E-state index in [4.69, 9.17) is 0 Å². The zero-order chi connectivity index (χ0) is 13.1. The third-order valence-corrected chi connectivity index (χ3v) is 3.66. The Hall–Kier alpha value is -1.56. The number of benzene rings is 1. The maximum Gasteiger partial charge on any atom is -0.00987 e. The molecule has 0 N–H and O–H groups in total. The molecule has 1 aliphatic rings. The van der Waals surface area contributed by atoms with Gasteiger partial charge < -0.3 is 0 Å². The highest BCUT2D eigenvalue weighted by atomic mass is 14.4. The predicted molar refractivity (Wildman–Crippen MR) is 80.4 cm³/mol. The molecule has 0 amide bonds. The standard InChI is InChI=1S/C18H22/c1-5-6-17-12-18(17)15(4)11-14(3)16-9-7-13(2)8-10-16/h5-11,17-18H,4,12H2,1-3H3. The van der Waals surface area contributed by atoms with Gasteiger partial charge in [-0.1, -0.05) is 60.2 Å². The van der Waals surface area contributed by atoms with Gasteiger partial charge in [0, 0.05) is 0 Å². The van der Waals surface area contributed by atoms with Crippen LogP contribution in [0, 0.1) is 18.8 Å². The molecule has 0 saturated heterocycles. The second-order valence-corrected chi connectivity index (χ2v) is 5.30. The molecule has 2 unspecified atom stereocenters. The van der Waals surface area contributed by atoms with Gasteiger partial charge in [-0.15, -0.1) is 0 Å². The molecule has 0 spiro atoms. The predicted octanol–water partition coefficient (Wildman–Crippen LogP) is 5.17. The molecule has 0 radical (unpaired) electrons. The van der Waals surface area contributed by atoms with Crippen LogP contribution in [0.5, 0.6) is 0 Å². The first-order valence-electron chi connectivity index (χ1n) is 6.68. The maximum absolute atomic E-state index is 4.22. The Morgan fingerprint density at radius 2 is 1.94 bits per heavy atom. The molecule has 1 aliphatic carbocycles. The molecule has 0 heterocycles. The summed E-state index contributed by atoms with van der Waals surface area (Å²) in [4.78, 5) is 0. The van der Waals surface area contributed by atoms with Crippen LogP contribution in [0.4, 0.5) is 0 Å². The van der Waals surface area contributed by atoms with E-state index in [1.54, 1.807) is 0 Å². The zero-order valence-electron chi connectivity index (χ0n) is 11.6. The van der Waals surface area contributed by atoms with Crippen molar-refractivity contribution in [2.75, 3.05) is 0 Å². The first-order valence-corrected chi connectivity index (χ1v) is 6.68. The normalized spacial score (nSPS) is 23.4. The second-order valence-electron chi connectivity index (χ2n) is 5.30. The third kappa shape index (κ3) is 3.01. The van der Waals surface area contributed by atoms with Crippen molar-refractivity contribution in [3.8, 4) is 0 Å². The van der Waals surface area contributed by atoms with Gasteiger partial charge in [0.05, 0.1) is 0 Å². The van der Waals surface area contributed by atoms with E-state index in [0.717, 1.165) is 5.92 Å². The van der Waals surface area contributed by atoms with Crippen molar-refractivity contribution in [3.05, 3.63) is 65.8 Å². The first kappa shape index (κ1) is 12.9. The SMILES string of the molecule is C=C(C=C(C)c1ccc(C)cc1)C1CC1C=CC. The molecular weight excluding hydrogens is 216 g/mol. The number of allylic oxidation sites excluding steroid dienone is 5. The summed E-state index contributed by atoms with van der Waals surface area (Å²) in [6.45, 7) is 10.6. The molecular formula is C18H22. The van der Waals surface area contributed by atoms with Gasteiger partial charge in [-0.2, -0.15) is 0 Å². The summed E-state index contributed by atoms with van der Waals surface area (Å²) >= 11 is 0. The van der Waals surface area contributed by atoms with Crippen LogP contribution in [-0.4, -0.2) is 0 Å². The molecule has 0 heteroatoms. The summed E-state index contributed by atoms with van der Waals surface area (Å²) in [5, 5.41) is 0. The average molecular weight is 238 g/mol. The van der Waals surface area contributed by atoms with Crippen LogP contribution in [0.25, 0.3) is 5.57 Å². The lowest BCUT2D eigenvalue weighted by Gasteiger charge is -2.04. The molecule has 18 heavy (non-hydrogen) atoms. The van der Waals surface area contributed by atoms with Crippen LogP contribution in [0.2, 0.25) is 0 Å². The lowest BCUT2D eigenvalue weighted by atomic mass is 10.0. The molecule has 0 aliphatic heterocycles. The van der Waals surface area contributed by atoms with E-state index in [1.165, 1.54) is 28.7 Å². The molecule has 1 aromatic rings. The van der Waals surface area contributed by atoms with Gasteiger partial charge in [0.1, 0.15) is 0 Å². The van der Waals surface area contributed by atoms with Crippen LogP contribution >= 0.6 is 0 Å². The Kier molecular flexibility index (Phi) is 3.86. The van der Waals surface area contributed by atoms with E-state index in [1.807, 2.05) is 0 Å². The monoisotopic (exact) mass is 238 g/mol. The second kappa shape index (κ2) is 5.39. The molecule has 1 saturated carbocycles. The van der Waals surface area contributed by atoms with Gasteiger partial charge in [-0.3, -0.25) is 0 Å². The van der Waals surface area contributed by atoms with Gasteiger partial charge in [0.2, 0.25) is 0 Å². The quantitative estimate of drug-likeness (QED) is 0.501. The van der Waals surface area contributed by atoms with E-state index >= 15 is 0 Å². The van der Waals surface area contributed by atoms with Gasteiger partial charge in [-0.25, -0.2) is 0 Å². The zero-order valence-corrected chi connectivity index (χ0v) is 11.6. The highest BCUT2D eigenvalue weighted by molar-refractivity contribution is 5.66. The molecule has 1 fully saturated rings. The van der Waals surface area contributed by atoms with Gasteiger partial charge >= 0.3 is 0 Å².